The van der Waals surface area contributed by atoms with Crippen LogP contribution in [0.4, 0.5) is 4.39 Å². The van der Waals surface area contributed by atoms with Gasteiger partial charge in [-0.1, -0.05) is 66.7 Å². The van der Waals surface area contributed by atoms with Crippen molar-refractivity contribution in [3.05, 3.63) is 137 Å². The molecule has 7 nitrogen and oxygen atoms in total. The fourth-order valence-corrected chi connectivity index (χ4v) is 5.04. The molecule has 5 rings (SSSR count). The third kappa shape index (κ3) is 7.33. The number of benzene rings is 4. The van der Waals surface area contributed by atoms with Gasteiger partial charge in [0.15, 0.2) is 11.6 Å². The van der Waals surface area contributed by atoms with Gasteiger partial charge in [-0.05, 0) is 65.2 Å². The molecule has 1 heterocycles. The van der Waals surface area contributed by atoms with Crippen molar-refractivity contribution < 1.29 is 28.5 Å². The van der Waals surface area contributed by atoms with E-state index in [0.29, 0.717) is 41.6 Å². The summed E-state index contributed by atoms with van der Waals surface area (Å²) >= 11 is 0. The monoisotopic (exact) mass is 594 g/mol. The van der Waals surface area contributed by atoms with Gasteiger partial charge < -0.3 is 24.6 Å². The zero-order valence-electron chi connectivity index (χ0n) is 24.5. The highest BCUT2D eigenvalue weighted by atomic mass is 19.1. The molecule has 4 aromatic carbocycles. The van der Waals surface area contributed by atoms with Crippen LogP contribution in [0.5, 0.6) is 11.5 Å². The number of aliphatic imine (C=N–C) groups is 1. The Morgan fingerprint density at radius 1 is 1.00 bits per heavy atom. The summed E-state index contributed by atoms with van der Waals surface area (Å²) in [7, 11) is 1.59. The maximum atomic E-state index is 14.3. The van der Waals surface area contributed by atoms with E-state index in [0.717, 1.165) is 11.1 Å². The lowest BCUT2D eigenvalue weighted by atomic mass is 9.84. The van der Waals surface area contributed by atoms with Crippen molar-refractivity contribution in [1.82, 2.24) is 5.32 Å². The summed E-state index contributed by atoms with van der Waals surface area (Å²) in [6.45, 7) is 0.570. The Balaban J connectivity index is 1.54. The van der Waals surface area contributed by atoms with Crippen LogP contribution in [-0.4, -0.2) is 42.8 Å². The first kappa shape index (κ1) is 30.5. The highest BCUT2D eigenvalue weighted by Gasteiger charge is 2.52. The van der Waals surface area contributed by atoms with E-state index in [9.17, 15) is 9.18 Å². The van der Waals surface area contributed by atoms with Gasteiger partial charge in [0.25, 0.3) is 5.91 Å². The lowest BCUT2D eigenvalue weighted by Gasteiger charge is -2.30. The van der Waals surface area contributed by atoms with Crippen molar-refractivity contribution in [2.75, 3.05) is 20.3 Å². The summed E-state index contributed by atoms with van der Waals surface area (Å²) in [6, 6.07) is 30.6. The maximum Gasteiger partial charge on any atom is 0.252 e. The number of halogens is 1. The topological polar surface area (TPSA) is 89.4 Å². The number of amides is 1. The van der Waals surface area contributed by atoms with E-state index in [-0.39, 0.29) is 31.3 Å². The number of rotatable bonds is 13. The zero-order chi connectivity index (χ0) is 30.8. The fraction of sp³-hybridized carbons (Fsp3) is 0.222. The van der Waals surface area contributed by atoms with Gasteiger partial charge in [-0.25, -0.2) is 9.38 Å². The van der Waals surface area contributed by atoms with E-state index in [1.54, 1.807) is 31.4 Å². The van der Waals surface area contributed by atoms with E-state index < -0.39 is 11.6 Å². The Hall–Kier alpha value is -4.95. The van der Waals surface area contributed by atoms with Crippen molar-refractivity contribution in [3.63, 3.8) is 0 Å². The van der Waals surface area contributed by atoms with Crippen molar-refractivity contribution in [2.45, 2.75) is 31.0 Å². The molecule has 2 atom stereocenters. The van der Waals surface area contributed by atoms with Crippen LogP contribution in [0, 0.1) is 5.82 Å². The number of hydrogen-bond acceptors (Lipinski definition) is 6. The lowest BCUT2D eigenvalue weighted by Crippen LogP contribution is -2.47. The Morgan fingerprint density at radius 2 is 1.80 bits per heavy atom. The smallest absolute Gasteiger partial charge is 0.252 e. The van der Waals surface area contributed by atoms with Crippen molar-refractivity contribution in [3.8, 4) is 11.5 Å². The molecule has 2 N–H and O–H groups in total. The molecule has 4 aromatic rings. The molecular formula is C36H35FN2O5. The minimum absolute atomic E-state index is 0.0521. The van der Waals surface area contributed by atoms with E-state index in [1.807, 2.05) is 78.9 Å². The van der Waals surface area contributed by atoms with Gasteiger partial charge in [0.2, 0.25) is 5.90 Å². The fourth-order valence-electron chi connectivity index (χ4n) is 5.04. The number of nitrogens with one attached hydrogen (secondary N) is 1. The highest BCUT2D eigenvalue weighted by Crippen LogP contribution is 2.43. The second-order valence-electron chi connectivity index (χ2n) is 10.4. The first-order valence-electron chi connectivity index (χ1n) is 14.5. The van der Waals surface area contributed by atoms with Crippen molar-refractivity contribution in [2.24, 2.45) is 4.99 Å². The number of carbonyl (C=O) groups is 1. The van der Waals surface area contributed by atoms with E-state index in [2.05, 4.69) is 5.32 Å². The molecule has 0 saturated heterocycles. The molecule has 0 bridgehead atoms. The summed E-state index contributed by atoms with van der Waals surface area (Å²) in [6.07, 6.45) is 3.85. The summed E-state index contributed by atoms with van der Waals surface area (Å²) < 4.78 is 31.6. The molecule has 44 heavy (non-hydrogen) atoms. The van der Waals surface area contributed by atoms with Gasteiger partial charge in [0, 0.05) is 31.6 Å². The number of ether oxygens (including phenoxy) is 3. The van der Waals surface area contributed by atoms with Gasteiger partial charge in [-0.3, -0.25) is 4.79 Å². The molecule has 0 unspecified atom stereocenters. The molecule has 226 valence electrons. The summed E-state index contributed by atoms with van der Waals surface area (Å²) in [5, 5.41) is 12.0. The second kappa shape index (κ2) is 14.5. The molecule has 0 spiro atoms. The Labute approximate surface area is 256 Å². The molecule has 0 fully saturated rings. The van der Waals surface area contributed by atoms with Crippen LogP contribution in [0.2, 0.25) is 0 Å². The van der Waals surface area contributed by atoms with Gasteiger partial charge in [-0.15, -0.1) is 0 Å². The summed E-state index contributed by atoms with van der Waals surface area (Å²) in [5.74, 6) is 0.854. The van der Waals surface area contributed by atoms with Crippen LogP contribution >= 0.6 is 0 Å². The van der Waals surface area contributed by atoms with Crippen LogP contribution in [0.1, 0.15) is 41.2 Å². The number of aliphatic hydroxyl groups is 1. The van der Waals surface area contributed by atoms with Gasteiger partial charge >= 0.3 is 0 Å². The number of nitrogens with zero attached hydrogens (tertiary/aromatic N) is 1. The average molecular weight is 595 g/mol. The van der Waals surface area contributed by atoms with Crippen LogP contribution in [-0.2, 0) is 16.1 Å². The van der Waals surface area contributed by atoms with Crippen LogP contribution in [0.25, 0.3) is 6.08 Å². The predicted molar refractivity (Wildman–Crippen MR) is 168 cm³/mol. The molecule has 0 saturated carbocycles. The minimum Gasteiger partial charge on any atom is -0.497 e. The molecule has 1 amide bonds. The number of methoxy groups -OCH3 is 1. The predicted octanol–water partition coefficient (Wildman–Crippen LogP) is 6.27. The minimum atomic E-state index is -1.39. The molecule has 8 heteroatoms. The normalized spacial score (nSPS) is 17.6. The van der Waals surface area contributed by atoms with Crippen LogP contribution in [0.15, 0.2) is 114 Å². The van der Waals surface area contributed by atoms with Crippen molar-refractivity contribution >= 4 is 17.9 Å². The lowest BCUT2D eigenvalue weighted by molar-refractivity contribution is -0.129. The third-order valence-corrected chi connectivity index (χ3v) is 7.31. The number of carbonyl (C=O) groups excluding carboxylic acids is 1. The summed E-state index contributed by atoms with van der Waals surface area (Å²) in [4.78, 5) is 19.3. The molecule has 1 aliphatic rings. The van der Waals surface area contributed by atoms with E-state index in [1.165, 1.54) is 12.1 Å². The Kier molecular flexibility index (Phi) is 10.0. The van der Waals surface area contributed by atoms with E-state index >= 15 is 0 Å². The molecule has 0 radical (unpaired) electrons. The number of hydrogen-bond donors (Lipinski definition) is 2. The Morgan fingerprint density at radius 3 is 2.55 bits per heavy atom. The maximum absolute atomic E-state index is 14.3. The molecule has 1 aliphatic heterocycles. The zero-order valence-corrected chi connectivity index (χ0v) is 24.5. The molecular weight excluding hydrogens is 559 g/mol. The largest absolute Gasteiger partial charge is 0.497 e. The molecule has 0 aromatic heterocycles. The highest BCUT2D eigenvalue weighted by molar-refractivity contribution is 6.01. The summed E-state index contributed by atoms with van der Waals surface area (Å²) in [5.41, 5.74) is 1.63. The first-order chi connectivity index (χ1) is 21.5. The van der Waals surface area contributed by atoms with Crippen LogP contribution in [0.3, 0.4) is 0 Å². The van der Waals surface area contributed by atoms with E-state index in [4.69, 9.17) is 24.3 Å². The van der Waals surface area contributed by atoms with Gasteiger partial charge in [0.1, 0.15) is 17.3 Å². The van der Waals surface area contributed by atoms with Crippen molar-refractivity contribution in [1.29, 1.82) is 0 Å². The first-order valence-corrected chi connectivity index (χ1v) is 14.5. The number of aliphatic hydroxyl groups excluding tert-OH is 1. The standard InChI is InChI=1S/C36H35FN2O5/c1-42-32-15-6-13-29(24-32)33-36(20-7-12-26-9-3-2-4-10-26,35(41)38-25-27-11-5-14-30(37)23-27)39-34(44-33)28-16-18-31(19-17-28)43-22-8-21-40/h2-7,9-19,23-24,33,40H,8,20-22,25H2,1H3,(H,38,41)/b12-7+/t33-,36-/m1/s1. The van der Waals surface area contributed by atoms with Crippen LogP contribution < -0.4 is 14.8 Å². The third-order valence-electron chi connectivity index (χ3n) is 7.31. The quantitative estimate of drug-likeness (QED) is 0.178. The molecule has 0 aliphatic carbocycles. The average Bonchev–Trinajstić information content (AvgIpc) is 3.45. The van der Waals surface area contributed by atoms with Gasteiger partial charge in [-0.2, -0.15) is 0 Å². The SMILES string of the molecule is COc1cccc([C@H]2OC(c3ccc(OCCCO)cc3)=N[C@@]2(C/C=C/c2ccccc2)C(=O)NCc2cccc(F)c2)c1. The van der Waals surface area contributed by atoms with Gasteiger partial charge in [0.05, 0.1) is 13.7 Å². The second-order valence-corrected chi connectivity index (χ2v) is 10.4. The Bertz CT molecular complexity index is 1610.